The van der Waals surface area contributed by atoms with Gasteiger partial charge in [0.1, 0.15) is 11.8 Å². The minimum Gasteiger partial charge on any atom is -0.494 e. The molecule has 0 aliphatic carbocycles. The zero-order chi connectivity index (χ0) is 25.4. The minimum absolute atomic E-state index is 0.0534. The fraction of sp³-hybridized carbons (Fsp3) is 0.500. The number of rotatable bonds is 10. The van der Waals surface area contributed by atoms with Crippen LogP contribution in [-0.4, -0.2) is 54.7 Å². The van der Waals surface area contributed by atoms with Gasteiger partial charge in [-0.05, 0) is 62.1 Å². The summed E-state index contributed by atoms with van der Waals surface area (Å²) in [6.45, 7) is 13.7. The van der Waals surface area contributed by atoms with E-state index in [4.69, 9.17) is 9.47 Å². The van der Waals surface area contributed by atoms with Crippen LogP contribution < -0.4 is 15.4 Å². The summed E-state index contributed by atoms with van der Waals surface area (Å²) >= 11 is 0. The number of hydrogen-bond donors (Lipinski definition) is 2. The maximum atomic E-state index is 12.9. The van der Waals surface area contributed by atoms with Gasteiger partial charge in [-0.2, -0.15) is 0 Å². The predicted octanol–water partition coefficient (Wildman–Crippen LogP) is 3.77. The first-order valence-electron chi connectivity index (χ1n) is 12.5. The van der Waals surface area contributed by atoms with Crippen LogP contribution in [0.1, 0.15) is 56.1 Å². The summed E-state index contributed by atoms with van der Waals surface area (Å²) in [6, 6.07) is 14.6. The first-order valence-corrected chi connectivity index (χ1v) is 12.5. The lowest BCUT2D eigenvalue weighted by Gasteiger charge is -2.35. The third kappa shape index (κ3) is 8.08. The molecule has 2 amide bonds. The smallest absolute Gasteiger partial charge is 0.251 e. The number of nitrogens with one attached hydrogen (secondary N) is 2. The predicted molar refractivity (Wildman–Crippen MR) is 137 cm³/mol. The van der Waals surface area contributed by atoms with Gasteiger partial charge in [0.25, 0.3) is 5.91 Å². The normalized spacial score (nSPS) is 19.3. The molecule has 0 radical (unpaired) electrons. The SMILES string of the molecule is CCOc1ccc(C(=O)NC(C(=O)NCc2ccc(CN3CC(C)OC(C)C3)cc2)C(C)C)cc1. The van der Waals surface area contributed by atoms with E-state index < -0.39 is 6.04 Å². The fourth-order valence-electron chi connectivity index (χ4n) is 4.36. The lowest BCUT2D eigenvalue weighted by atomic mass is 10.0. The molecule has 0 saturated carbocycles. The zero-order valence-electron chi connectivity index (χ0n) is 21.5. The van der Waals surface area contributed by atoms with Crippen molar-refractivity contribution in [3.8, 4) is 5.75 Å². The molecule has 0 spiro atoms. The third-order valence-electron chi connectivity index (χ3n) is 6.05. The monoisotopic (exact) mass is 481 g/mol. The van der Waals surface area contributed by atoms with E-state index >= 15 is 0 Å². The van der Waals surface area contributed by atoms with Gasteiger partial charge in [0, 0.05) is 31.7 Å². The van der Waals surface area contributed by atoms with Gasteiger partial charge < -0.3 is 20.1 Å². The number of morpholine rings is 1. The number of hydrogen-bond acceptors (Lipinski definition) is 5. The van der Waals surface area contributed by atoms with Crippen LogP contribution >= 0.6 is 0 Å². The molecule has 3 rings (SSSR count). The van der Waals surface area contributed by atoms with Crippen LogP contribution in [0.15, 0.2) is 48.5 Å². The summed E-state index contributed by atoms with van der Waals surface area (Å²) in [7, 11) is 0. The van der Waals surface area contributed by atoms with E-state index in [-0.39, 0.29) is 29.9 Å². The molecular formula is C28H39N3O4. The molecule has 35 heavy (non-hydrogen) atoms. The molecule has 3 atom stereocenters. The first kappa shape index (κ1) is 26.7. The molecule has 1 saturated heterocycles. The lowest BCUT2D eigenvalue weighted by molar-refractivity contribution is -0.124. The average Bonchev–Trinajstić information content (AvgIpc) is 2.81. The average molecular weight is 482 g/mol. The summed E-state index contributed by atoms with van der Waals surface area (Å²) < 4.78 is 11.2. The zero-order valence-corrected chi connectivity index (χ0v) is 21.5. The Morgan fingerprint density at radius 3 is 2.17 bits per heavy atom. The molecule has 0 aromatic heterocycles. The van der Waals surface area contributed by atoms with Gasteiger partial charge in [-0.15, -0.1) is 0 Å². The van der Waals surface area contributed by atoms with Crippen LogP contribution in [0.4, 0.5) is 0 Å². The molecule has 1 fully saturated rings. The Labute approximate surface area is 209 Å². The highest BCUT2D eigenvalue weighted by atomic mass is 16.5. The number of benzene rings is 2. The van der Waals surface area contributed by atoms with Crippen molar-refractivity contribution >= 4 is 11.8 Å². The molecule has 7 heteroatoms. The van der Waals surface area contributed by atoms with Crippen molar-refractivity contribution in [1.29, 1.82) is 0 Å². The van der Waals surface area contributed by atoms with Crippen LogP contribution in [0, 0.1) is 5.92 Å². The van der Waals surface area contributed by atoms with Crippen molar-refractivity contribution in [2.24, 2.45) is 5.92 Å². The second kappa shape index (κ2) is 12.7. The highest BCUT2D eigenvalue weighted by molar-refractivity contribution is 5.97. The molecule has 2 aromatic carbocycles. The van der Waals surface area contributed by atoms with E-state index in [1.165, 1.54) is 5.56 Å². The maximum absolute atomic E-state index is 12.9. The van der Waals surface area contributed by atoms with E-state index in [0.29, 0.717) is 24.5 Å². The van der Waals surface area contributed by atoms with Gasteiger partial charge in [0.15, 0.2) is 0 Å². The minimum atomic E-state index is -0.626. The van der Waals surface area contributed by atoms with E-state index in [0.717, 1.165) is 25.2 Å². The Kier molecular flexibility index (Phi) is 9.69. The second-order valence-electron chi connectivity index (χ2n) is 9.64. The van der Waals surface area contributed by atoms with Gasteiger partial charge in [0.05, 0.1) is 18.8 Å². The molecule has 1 aliphatic heterocycles. The highest BCUT2D eigenvalue weighted by Gasteiger charge is 2.25. The van der Waals surface area contributed by atoms with Crippen LogP contribution in [0.2, 0.25) is 0 Å². The number of nitrogens with zero attached hydrogens (tertiary/aromatic N) is 1. The van der Waals surface area contributed by atoms with E-state index in [9.17, 15) is 9.59 Å². The van der Waals surface area contributed by atoms with Crippen molar-refractivity contribution in [2.45, 2.75) is 66.0 Å². The maximum Gasteiger partial charge on any atom is 0.251 e. The first-order chi connectivity index (χ1) is 16.7. The van der Waals surface area contributed by atoms with E-state index in [2.05, 4.69) is 41.5 Å². The summed E-state index contributed by atoms with van der Waals surface area (Å²) in [5.41, 5.74) is 2.75. The standard InChI is InChI=1S/C28H39N3O4/c1-6-34-25-13-11-24(12-14-25)27(32)30-26(19(2)3)28(33)29-15-22-7-9-23(10-8-22)18-31-16-20(4)35-21(5)17-31/h7-14,19-21,26H,6,15-18H2,1-5H3,(H,29,33)(H,30,32). The molecule has 7 nitrogen and oxygen atoms in total. The molecule has 0 bridgehead atoms. The number of carbonyl (C=O) groups excluding carboxylic acids is 2. The molecule has 1 aliphatic rings. The van der Waals surface area contributed by atoms with Crippen molar-refractivity contribution in [3.63, 3.8) is 0 Å². The second-order valence-corrected chi connectivity index (χ2v) is 9.64. The van der Waals surface area contributed by atoms with Crippen LogP contribution in [0.3, 0.4) is 0 Å². The van der Waals surface area contributed by atoms with Crippen molar-refractivity contribution < 1.29 is 19.1 Å². The molecule has 1 heterocycles. The molecule has 2 N–H and O–H groups in total. The molecule has 2 aromatic rings. The number of ether oxygens (including phenoxy) is 2. The Balaban J connectivity index is 1.52. The summed E-state index contributed by atoms with van der Waals surface area (Å²) in [6.07, 6.45) is 0.495. The number of amides is 2. The van der Waals surface area contributed by atoms with Crippen molar-refractivity contribution in [3.05, 3.63) is 65.2 Å². The quantitative estimate of drug-likeness (QED) is 0.540. The van der Waals surface area contributed by atoms with Crippen molar-refractivity contribution in [1.82, 2.24) is 15.5 Å². The van der Waals surface area contributed by atoms with Gasteiger partial charge in [0.2, 0.25) is 5.91 Å². The molecule has 190 valence electrons. The number of carbonyl (C=O) groups is 2. The van der Waals surface area contributed by atoms with Crippen molar-refractivity contribution in [2.75, 3.05) is 19.7 Å². The Bertz CT molecular complexity index is 949. The van der Waals surface area contributed by atoms with Crippen LogP contribution in [-0.2, 0) is 22.6 Å². The Hall–Kier alpha value is -2.90. The highest BCUT2D eigenvalue weighted by Crippen LogP contribution is 2.16. The van der Waals surface area contributed by atoms with Gasteiger partial charge in [-0.3, -0.25) is 14.5 Å². The van der Waals surface area contributed by atoms with Crippen LogP contribution in [0.5, 0.6) is 5.75 Å². The topological polar surface area (TPSA) is 79.9 Å². The van der Waals surface area contributed by atoms with Gasteiger partial charge in [-0.1, -0.05) is 38.1 Å². The third-order valence-corrected chi connectivity index (χ3v) is 6.05. The van der Waals surface area contributed by atoms with Gasteiger partial charge >= 0.3 is 0 Å². The summed E-state index contributed by atoms with van der Waals surface area (Å²) in [5, 5.41) is 5.85. The van der Waals surface area contributed by atoms with E-state index in [1.807, 2.05) is 32.9 Å². The molecule has 3 unspecified atom stereocenters. The lowest BCUT2D eigenvalue weighted by Crippen LogP contribution is -2.49. The Morgan fingerprint density at radius 2 is 1.60 bits per heavy atom. The largest absolute Gasteiger partial charge is 0.494 e. The van der Waals surface area contributed by atoms with Crippen LogP contribution in [0.25, 0.3) is 0 Å². The summed E-state index contributed by atoms with van der Waals surface area (Å²) in [4.78, 5) is 28.0. The fourth-order valence-corrected chi connectivity index (χ4v) is 4.36. The van der Waals surface area contributed by atoms with Gasteiger partial charge in [-0.25, -0.2) is 0 Å². The van der Waals surface area contributed by atoms with E-state index in [1.54, 1.807) is 24.3 Å². The Morgan fingerprint density at radius 1 is 1.00 bits per heavy atom. The molecular weight excluding hydrogens is 442 g/mol. The summed E-state index contributed by atoms with van der Waals surface area (Å²) in [5.74, 6) is 0.183.